The number of hydrogen-bond donors (Lipinski definition) is 2. The summed E-state index contributed by atoms with van der Waals surface area (Å²) in [5.41, 5.74) is 5.50. The molecule has 0 radical (unpaired) electrons. The first-order valence-electron chi connectivity index (χ1n) is 5.20. The second kappa shape index (κ2) is 5.88. The third-order valence-corrected chi connectivity index (χ3v) is 3.38. The van der Waals surface area contributed by atoms with Crippen molar-refractivity contribution < 1.29 is 4.79 Å². The fourth-order valence-corrected chi connectivity index (χ4v) is 2.19. The zero-order chi connectivity index (χ0) is 11.3. The number of hydrogen-bond acceptors (Lipinski definition) is 3. The van der Waals surface area contributed by atoms with Crippen LogP contribution in [0.25, 0.3) is 0 Å². The molecule has 0 aliphatic rings. The molecule has 0 spiro atoms. The molecule has 1 unspecified atom stereocenters. The van der Waals surface area contributed by atoms with Crippen molar-refractivity contribution in [1.82, 2.24) is 5.32 Å². The van der Waals surface area contributed by atoms with Crippen LogP contribution < -0.4 is 11.1 Å². The van der Waals surface area contributed by atoms with E-state index in [9.17, 15) is 4.79 Å². The number of aryl methyl sites for hydroxylation is 1. The Labute approximate surface area is 94.7 Å². The summed E-state index contributed by atoms with van der Waals surface area (Å²) < 4.78 is 0. The molecular formula is C11H18N2OS. The van der Waals surface area contributed by atoms with Crippen molar-refractivity contribution in [3.05, 3.63) is 21.9 Å². The summed E-state index contributed by atoms with van der Waals surface area (Å²) >= 11 is 1.71. The molecule has 1 rings (SSSR count). The minimum atomic E-state index is -0.0499. The van der Waals surface area contributed by atoms with Gasteiger partial charge in [-0.1, -0.05) is 6.92 Å². The third-order valence-electron chi connectivity index (χ3n) is 2.38. The Morgan fingerprint density at radius 2 is 2.33 bits per heavy atom. The summed E-state index contributed by atoms with van der Waals surface area (Å²) in [6, 6.07) is 4.11. The molecule has 1 heterocycles. The van der Waals surface area contributed by atoms with E-state index < -0.39 is 0 Å². The number of carbonyl (C=O) groups excluding carboxylic acids is 1. The summed E-state index contributed by atoms with van der Waals surface area (Å²) in [6.45, 7) is 5.08. The van der Waals surface area contributed by atoms with E-state index in [1.807, 2.05) is 13.0 Å². The van der Waals surface area contributed by atoms with Crippen molar-refractivity contribution in [3.63, 3.8) is 0 Å². The van der Waals surface area contributed by atoms with Gasteiger partial charge in [0, 0.05) is 22.2 Å². The Balaban J connectivity index is 2.40. The molecule has 0 bridgehead atoms. The van der Waals surface area contributed by atoms with Crippen LogP contribution in [0.1, 0.15) is 23.1 Å². The van der Waals surface area contributed by atoms with E-state index in [1.165, 1.54) is 9.75 Å². The van der Waals surface area contributed by atoms with Crippen LogP contribution in [0.5, 0.6) is 0 Å². The molecule has 0 fully saturated rings. The lowest BCUT2D eigenvalue weighted by Crippen LogP contribution is -2.34. The number of amides is 1. The summed E-state index contributed by atoms with van der Waals surface area (Å²) in [6.07, 6.45) is 0.797. The predicted octanol–water partition coefficient (Wildman–Crippen LogP) is 1.66. The maximum Gasteiger partial charge on any atom is 0.224 e. The first-order valence-corrected chi connectivity index (χ1v) is 6.02. The first kappa shape index (κ1) is 12.2. The quantitative estimate of drug-likeness (QED) is 0.802. The van der Waals surface area contributed by atoms with Gasteiger partial charge in [0.15, 0.2) is 0 Å². The van der Waals surface area contributed by atoms with Crippen molar-refractivity contribution >= 4 is 17.2 Å². The van der Waals surface area contributed by atoms with Crippen LogP contribution in [-0.4, -0.2) is 12.5 Å². The van der Waals surface area contributed by atoms with Crippen LogP contribution in [0.3, 0.4) is 0 Å². The molecule has 84 valence electrons. The van der Waals surface area contributed by atoms with Crippen LogP contribution in [0.15, 0.2) is 12.1 Å². The van der Waals surface area contributed by atoms with E-state index in [2.05, 4.69) is 18.3 Å². The van der Waals surface area contributed by atoms with Gasteiger partial charge in [0.05, 0.1) is 6.54 Å². The van der Waals surface area contributed by atoms with Gasteiger partial charge in [-0.15, -0.1) is 11.3 Å². The highest BCUT2D eigenvalue weighted by molar-refractivity contribution is 7.11. The lowest BCUT2D eigenvalue weighted by Gasteiger charge is -2.11. The smallest absolute Gasteiger partial charge is 0.224 e. The molecule has 15 heavy (non-hydrogen) atoms. The van der Waals surface area contributed by atoms with Gasteiger partial charge in [0.1, 0.15) is 0 Å². The van der Waals surface area contributed by atoms with Crippen LogP contribution in [0, 0.1) is 12.8 Å². The fraction of sp³-hybridized carbons (Fsp3) is 0.545. The van der Waals surface area contributed by atoms with Crippen LogP contribution in [0.2, 0.25) is 0 Å². The van der Waals surface area contributed by atoms with Crippen molar-refractivity contribution in [2.24, 2.45) is 11.7 Å². The second-order valence-electron chi connectivity index (χ2n) is 3.57. The van der Waals surface area contributed by atoms with Gasteiger partial charge in [-0.3, -0.25) is 4.79 Å². The second-order valence-corrected chi connectivity index (χ2v) is 4.94. The Morgan fingerprint density at radius 1 is 1.60 bits per heavy atom. The van der Waals surface area contributed by atoms with Gasteiger partial charge in [-0.05, 0) is 25.5 Å². The molecular weight excluding hydrogens is 208 g/mol. The monoisotopic (exact) mass is 226 g/mol. The Hall–Kier alpha value is -0.870. The Bertz CT molecular complexity index is 318. The van der Waals surface area contributed by atoms with Crippen molar-refractivity contribution in [1.29, 1.82) is 0 Å². The van der Waals surface area contributed by atoms with Crippen molar-refractivity contribution in [2.75, 3.05) is 6.54 Å². The Morgan fingerprint density at radius 3 is 2.80 bits per heavy atom. The highest BCUT2D eigenvalue weighted by Crippen LogP contribution is 2.14. The Kier molecular flexibility index (Phi) is 4.78. The van der Waals surface area contributed by atoms with Crippen molar-refractivity contribution in [2.45, 2.75) is 26.8 Å². The lowest BCUT2D eigenvalue weighted by atomic mass is 10.1. The maximum absolute atomic E-state index is 11.6. The van der Waals surface area contributed by atoms with E-state index in [4.69, 9.17) is 5.73 Å². The third kappa shape index (κ3) is 3.64. The summed E-state index contributed by atoms with van der Waals surface area (Å²) in [4.78, 5) is 14.1. The zero-order valence-electron chi connectivity index (χ0n) is 9.25. The summed E-state index contributed by atoms with van der Waals surface area (Å²) in [5.74, 6) is 0.0112. The van der Waals surface area contributed by atoms with E-state index in [0.29, 0.717) is 13.1 Å². The minimum Gasteiger partial charge on any atom is -0.351 e. The molecule has 0 saturated carbocycles. The van der Waals surface area contributed by atoms with Crippen molar-refractivity contribution in [3.8, 4) is 0 Å². The summed E-state index contributed by atoms with van der Waals surface area (Å²) in [7, 11) is 0. The van der Waals surface area contributed by atoms with Gasteiger partial charge in [0.25, 0.3) is 0 Å². The lowest BCUT2D eigenvalue weighted by molar-refractivity contribution is -0.124. The number of nitrogens with one attached hydrogen (secondary N) is 1. The maximum atomic E-state index is 11.6. The molecule has 0 aliphatic heterocycles. The molecule has 4 heteroatoms. The standard InChI is InChI=1S/C11H18N2OS/c1-3-9(6-12)11(14)13-7-10-5-4-8(2)15-10/h4-5,9H,3,6-7,12H2,1-2H3,(H,13,14). The molecule has 0 saturated heterocycles. The molecule has 1 amide bonds. The van der Waals surface area contributed by atoms with Gasteiger partial charge in [-0.2, -0.15) is 0 Å². The van der Waals surface area contributed by atoms with Crippen LogP contribution >= 0.6 is 11.3 Å². The molecule has 1 atom stereocenters. The highest BCUT2D eigenvalue weighted by atomic mass is 32.1. The molecule has 1 aromatic rings. The molecule has 3 N–H and O–H groups in total. The van der Waals surface area contributed by atoms with Gasteiger partial charge < -0.3 is 11.1 Å². The number of carbonyl (C=O) groups is 1. The normalized spacial score (nSPS) is 12.5. The van der Waals surface area contributed by atoms with E-state index in [0.717, 1.165) is 6.42 Å². The number of rotatable bonds is 5. The van der Waals surface area contributed by atoms with E-state index >= 15 is 0 Å². The fourth-order valence-electron chi connectivity index (χ4n) is 1.36. The average molecular weight is 226 g/mol. The van der Waals surface area contributed by atoms with Crippen LogP contribution in [-0.2, 0) is 11.3 Å². The molecule has 0 aliphatic carbocycles. The van der Waals surface area contributed by atoms with Gasteiger partial charge in [0.2, 0.25) is 5.91 Å². The molecule has 3 nitrogen and oxygen atoms in total. The van der Waals surface area contributed by atoms with E-state index in [-0.39, 0.29) is 11.8 Å². The topological polar surface area (TPSA) is 55.1 Å². The average Bonchev–Trinajstić information content (AvgIpc) is 2.63. The van der Waals surface area contributed by atoms with Crippen LogP contribution in [0.4, 0.5) is 0 Å². The predicted molar refractivity (Wildman–Crippen MR) is 63.7 cm³/mol. The van der Waals surface area contributed by atoms with Gasteiger partial charge >= 0.3 is 0 Å². The number of nitrogens with two attached hydrogens (primary N) is 1. The molecule has 1 aromatic heterocycles. The first-order chi connectivity index (χ1) is 7.17. The largest absolute Gasteiger partial charge is 0.351 e. The zero-order valence-corrected chi connectivity index (χ0v) is 10.1. The van der Waals surface area contributed by atoms with E-state index in [1.54, 1.807) is 11.3 Å². The highest BCUT2D eigenvalue weighted by Gasteiger charge is 2.13. The summed E-state index contributed by atoms with van der Waals surface area (Å²) in [5, 5.41) is 2.91. The molecule has 0 aromatic carbocycles. The van der Waals surface area contributed by atoms with Gasteiger partial charge in [-0.25, -0.2) is 0 Å². The SMILES string of the molecule is CCC(CN)C(=O)NCc1ccc(C)s1. The number of thiophene rings is 1. The minimum absolute atomic E-state index is 0.0499.